The Bertz CT molecular complexity index is 613. The number of nitrogens with zero attached hydrogens (tertiary/aromatic N) is 2. The number of carbonyl (C=O) groups is 1. The quantitative estimate of drug-likeness (QED) is 0.840. The summed E-state index contributed by atoms with van der Waals surface area (Å²) in [5, 5.41) is 3.28. The van der Waals surface area contributed by atoms with Crippen molar-refractivity contribution in [2.75, 3.05) is 6.54 Å². The van der Waals surface area contributed by atoms with Gasteiger partial charge < -0.3 is 9.88 Å². The Hall–Kier alpha value is -1.68. The summed E-state index contributed by atoms with van der Waals surface area (Å²) >= 11 is 0. The Labute approximate surface area is 119 Å². The first-order valence-corrected chi connectivity index (χ1v) is 7.47. The molecule has 4 nitrogen and oxygen atoms in total. The fraction of sp³-hybridized carbons (Fsp3) is 0.500. The summed E-state index contributed by atoms with van der Waals surface area (Å²) in [5.41, 5.74) is 2.12. The Kier molecular flexibility index (Phi) is 3.83. The molecule has 2 aromatic rings. The molecule has 0 spiro atoms. The van der Waals surface area contributed by atoms with Crippen molar-refractivity contribution in [1.29, 1.82) is 0 Å². The van der Waals surface area contributed by atoms with Crippen molar-refractivity contribution in [2.24, 2.45) is 0 Å². The molecule has 106 valence electrons. The van der Waals surface area contributed by atoms with Crippen LogP contribution in [0, 0.1) is 0 Å². The zero-order valence-electron chi connectivity index (χ0n) is 11.9. The number of aryl methyl sites for hydroxylation is 1. The van der Waals surface area contributed by atoms with E-state index >= 15 is 0 Å². The molecule has 20 heavy (non-hydrogen) atoms. The molecule has 0 aliphatic heterocycles. The normalized spacial score (nSPS) is 14.8. The average Bonchev–Trinajstić information content (AvgIpc) is 3.22. The molecule has 0 unspecified atom stereocenters. The third-order valence-electron chi connectivity index (χ3n) is 3.70. The van der Waals surface area contributed by atoms with Gasteiger partial charge in [0.25, 0.3) is 0 Å². The number of hydrogen-bond acceptors (Lipinski definition) is 3. The lowest BCUT2D eigenvalue weighted by atomic mass is 10.2. The zero-order chi connectivity index (χ0) is 13.9. The molecule has 0 amide bonds. The fourth-order valence-electron chi connectivity index (χ4n) is 2.52. The molecule has 3 rings (SSSR count). The maximum absolute atomic E-state index is 12.1. The highest BCUT2D eigenvalue weighted by Crippen LogP contribution is 2.19. The Morgan fingerprint density at radius 1 is 1.40 bits per heavy atom. The molecule has 1 heterocycles. The summed E-state index contributed by atoms with van der Waals surface area (Å²) in [6.45, 7) is 3.54. The van der Waals surface area contributed by atoms with Crippen LogP contribution in [-0.2, 0) is 17.8 Å². The molecular weight excluding hydrogens is 250 g/mol. The topological polar surface area (TPSA) is 46.9 Å². The number of hydrogen-bond donors (Lipinski definition) is 1. The van der Waals surface area contributed by atoms with Crippen LogP contribution >= 0.6 is 0 Å². The molecule has 1 aromatic carbocycles. The highest BCUT2D eigenvalue weighted by atomic mass is 16.1. The second-order valence-corrected chi connectivity index (χ2v) is 5.54. The SMILES string of the molecule is CCCn1c(CC(=O)CNC2CC2)nc2ccccc21. The number of rotatable bonds is 7. The summed E-state index contributed by atoms with van der Waals surface area (Å²) < 4.78 is 2.18. The number of Topliss-reactive ketones (excluding diaryl/α,β-unsaturated/α-hetero) is 1. The molecule has 1 N–H and O–H groups in total. The number of para-hydroxylation sites is 2. The average molecular weight is 271 g/mol. The monoisotopic (exact) mass is 271 g/mol. The maximum Gasteiger partial charge on any atom is 0.154 e. The Morgan fingerprint density at radius 3 is 2.95 bits per heavy atom. The second-order valence-electron chi connectivity index (χ2n) is 5.54. The van der Waals surface area contributed by atoms with Gasteiger partial charge in [-0.1, -0.05) is 19.1 Å². The van der Waals surface area contributed by atoms with Crippen LogP contribution in [0.3, 0.4) is 0 Å². The van der Waals surface area contributed by atoms with E-state index in [1.54, 1.807) is 0 Å². The van der Waals surface area contributed by atoms with Gasteiger partial charge in [0, 0.05) is 12.6 Å². The molecular formula is C16H21N3O. The van der Waals surface area contributed by atoms with Crippen LogP contribution in [0.2, 0.25) is 0 Å². The molecule has 1 aromatic heterocycles. The van der Waals surface area contributed by atoms with Crippen LogP contribution < -0.4 is 5.32 Å². The number of carbonyl (C=O) groups excluding carboxylic acids is 1. The minimum atomic E-state index is 0.226. The van der Waals surface area contributed by atoms with Gasteiger partial charge in [0.1, 0.15) is 5.82 Å². The molecule has 1 fully saturated rings. The highest BCUT2D eigenvalue weighted by Gasteiger charge is 2.21. The predicted molar refractivity (Wildman–Crippen MR) is 79.8 cm³/mol. The van der Waals surface area contributed by atoms with Crippen LogP contribution in [-0.4, -0.2) is 27.9 Å². The van der Waals surface area contributed by atoms with Gasteiger partial charge in [0.05, 0.1) is 24.0 Å². The number of ketones is 1. The standard InChI is InChI=1S/C16H21N3O/c1-2-9-19-15-6-4-3-5-14(15)18-16(19)10-13(20)11-17-12-7-8-12/h3-6,12,17H,2,7-11H2,1H3. The molecule has 0 atom stereocenters. The van der Waals surface area contributed by atoms with Gasteiger partial charge in [-0.15, -0.1) is 0 Å². The van der Waals surface area contributed by atoms with E-state index in [1.165, 1.54) is 12.8 Å². The van der Waals surface area contributed by atoms with Crippen LogP contribution in [0.25, 0.3) is 11.0 Å². The number of aromatic nitrogens is 2. The second kappa shape index (κ2) is 5.75. The van der Waals surface area contributed by atoms with Crippen molar-refractivity contribution in [2.45, 2.75) is 45.2 Å². The highest BCUT2D eigenvalue weighted by molar-refractivity contribution is 5.84. The predicted octanol–water partition coefficient (Wildman–Crippen LogP) is 2.31. The van der Waals surface area contributed by atoms with Crippen LogP contribution in [0.5, 0.6) is 0 Å². The number of benzene rings is 1. The van der Waals surface area contributed by atoms with E-state index in [-0.39, 0.29) is 5.78 Å². The van der Waals surface area contributed by atoms with Gasteiger partial charge >= 0.3 is 0 Å². The van der Waals surface area contributed by atoms with E-state index in [0.29, 0.717) is 19.0 Å². The van der Waals surface area contributed by atoms with Gasteiger partial charge in [0.15, 0.2) is 5.78 Å². The number of imidazole rings is 1. The van der Waals surface area contributed by atoms with Crippen molar-refractivity contribution in [1.82, 2.24) is 14.9 Å². The maximum atomic E-state index is 12.1. The van der Waals surface area contributed by atoms with E-state index < -0.39 is 0 Å². The molecule has 1 saturated carbocycles. The third kappa shape index (κ3) is 2.90. The molecule has 1 aliphatic carbocycles. The summed E-state index contributed by atoms with van der Waals surface area (Å²) in [4.78, 5) is 16.7. The van der Waals surface area contributed by atoms with Gasteiger partial charge in [-0.3, -0.25) is 4.79 Å². The molecule has 1 aliphatic rings. The van der Waals surface area contributed by atoms with Crippen LogP contribution in [0.4, 0.5) is 0 Å². The van der Waals surface area contributed by atoms with E-state index in [9.17, 15) is 4.79 Å². The molecule has 4 heteroatoms. The summed E-state index contributed by atoms with van der Waals surface area (Å²) in [6.07, 6.45) is 3.89. The number of fused-ring (bicyclic) bond motifs is 1. The van der Waals surface area contributed by atoms with Crippen LogP contribution in [0.1, 0.15) is 32.0 Å². The van der Waals surface area contributed by atoms with Gasteiger partial charge in [-0.2, -0.15) is 0 Å². The van der Waals surface area contributed by atoms with Crippen LogP contribution in [0.15, 0.2) is 24.3 Å². The van der Waals surface area contributed by atoms with E-state index in [4.69, 9.17) is 0 Å². The smallest absolute Gasteiger partial charge is 0.154 e. The fourth-order valence-corrected chi connectivity index (χ4v) is 2.52. The molecule has 0 radical (unpaired) electrons. The first kappa shape index (κ1) is 13.3. The van der Waals surface area contributed by atoms with Crippen molar-refractivity contribution in [3.63, 3.8) is 0 Å². The van der Waals surface area contributed by atoms with Crippen molar-refractivity contribution in [3.8, 4) is 0 Å². The minimum absolute atomic E-state index is 0.226. The first-order chi connectivity index (χ1) is 9.78. The summed E-state index contributed by atoms with van der Waals surface area (Å²) in [6, 6.07) is 8.68. The summed E-state index contributed by atoms with van der Waals surface area (Å²) in [5.74, 6) is 1.13. The first-order valence-electron chi connectivity index (χ1n) is 7.47. The Morgan fingerprint density at radius 2 is 2.20 bits per heavy atom. The minimum Gasteiger partial charge on any atom is -0.328 e. The Balaban J connectivity index is 1.78. The molecule has 0 saturated heterocycles. The molecule has 0 bridgehead atoms. The van der Waals surface area contributed by atoms with Crippen molar-refractivity contribution in [3.05, 3.63) is 30.1 Å². The van der Waals surface area contributed by atoms with E-state index in [2.05, 4.69) is 27.9 Å². The van der Waals surface area contributed by atoms with Gasteiger partial charge in [-0.05, 0) is 31.4 Å². The zero-order valence-corrected chi connectivity index (χ0v) is 11.9. The van der Waals surface area contributed by atoms with Crippen molar-refractivity contribution < 1.29 is 4.79 Å². The van der Waals surface area contributed by atoms with E-state index in [0.717, 1.165) is 29.8 Å². The van der Waals surface area contributed by atoms with Gasteiger partial charge in [0.2, 0.25) is 0 Å². The lowest BCUT2D eigenvalue weighted by Gasteiger charge is -2.07. The van der Waals surface area contributed by atoms with Crippen molar-refractivity contribution >= 4 is 16.8 Å². The third-order valence-corrected chi connectivity index (χ3v) is 3.70. The largest absolute Gasteiger partial charge is 0.328 e. The lowest BCUT2D eigenvalue weighted by molar-refractivity contribution is -0.117. The summed E-state index contributed by atoms with van der Waals surface area (Å²) in [7, 11) is 0. The van der Waals surface area contributed by atoms with E-state index in [1.807, 2.05) is 18.2 Å². The van der Waals surface area contributed by atoms with Gasteiger partial charge in [-0.25, -0.2) is 4.98 Å². The lowest BCUT2D eigenvalue weighted by Crippen LogP contribution is -2.26. The number of nitrogens with one attached hydrogen (secondary N) is 1.